The lowest BCUT2D eigenvalue weighted by Gasteiger charge is -2.27. The second-order valence-electron chi connectivity index (χ2n) is 6.76. The van der Waals surface area contributed by atoms with Gasteiger partial charge in [0.15, 0.2) is 5.78 Å². The fraction of sp³-hybridized carbons (Fsp3) is 0.333. The average Bonchev–Trinajstić information content (AvgIpc) is 2.63. The van der Waals surface area contributed by atoms with E-state index in [4.69, 9.17) is 4.74 Å². The van der Waals surface area contributed by atoms with Crippen molar-refractivity contribution in [1.82, 2.24) is 0 Å². The van der Waals surface area contributed by atoms with Crippen LogP contribution < -0.4 is 0 Å². The summed E-state index contributed by atoms with van der Waals surface area (Å²) in [4.78, 5) is 23.6. The number of ether oxygens (including phenoxy) is 1. The Kier molecular flexibility index (Phi) is 6.10. The Morgan fingerprint density at radius 3 is 2.48 bits per heavy atom. The fourth-order valence-corrected chi connectivity index (χ4v) is 2.77. The molecule has 2 rings (SSSR count). The van der Waals surface area contributed by atoms with Crippen LogP contribution >= 0.6 is 0 Å². The van der Waals surface area contributed by atoms with Crippen molar-refractivity contribution in [2.24, 2.45) is 0 Å². The van der Waals surface area contributed by atoms with Crippen LogP contribution in [0.15, 0.2) is 48.5 Å². The minimum atomic E-state index is -0.429. The van der Waals surface area contributed by atoms with Crippen LogP contribution in [0.3, 0.4) is 0 Å². The molecule has 4 nitrogen and oxygen atoms in total. The van der Waals surface area contributed by atoms with Crippen molar-refractivity contribution in [2.75, 3.05) is 7.11 Å². The highest BCUT2D eigenvalue weighted by Gasteiger charge is 2.24. The van der Waals surface area contributed by atoms with Gasteiger partial charge >= 0.3 is 0 Å². The van der Waals surface area contributed by atoms with E-state index in [0.29, 0.717) is 18.4 Å². The predicted octanol–water partition coefficient (Wildman–Crippen LogP) is 3.89. The van der Waals surface area contributed by atoms with Crippen molar-refractivity contribution in [2.45, 2.75) is 38.2 Å². The molecule has 0 heterocycles. The largest absolute Gasteiger partial charge is 0.507 e. The first-order chi connectivity index (χ1) is 11.9. The zero-order chi connectivity index (χ0) is 18.4. The van der Waals surface area contributed by atoms with Crippen LogP contribution in [0.25, 0.3) is 0 Å². The number of carbonyl (C=O) groups excluding carboxylic acids is 2. The fourth-order valence-electron chi connectivity index (χ4n) is 2.77. The molecule has 1 unspecified atom stereocenters. The zero-order valence-corrected chi connectivity index (χ0v) is 14.9. The maximum absolute atomic E-state index is 12.7. The Morgan fingerprint density at radius 1 is 1.20 bits per heavy atom. The van der Waals surface area contributed by atoms with Crippen LogP contribution in [-0.2, 0) is 14.9 Å². The van der Waals surface area contributed by atoms with Gasteiger partial charge in [-0.1, -0.05) is 50.2 Å². The summed E-state index contributed by atoms with van der Waals surface area (Å²) in [7, 11) is 1.52. The van der Waals surface area contributed by atoms with Gasteiger partial charge in [0.1, 0.15) is 18.1 Å². The smallest absolute Gasteiger partial charge is 0.196 e. The Bertz CT molecular complexity index is 735. The van der Waals surface area contributed by atoms with Crippen LogP contribution in [0.1, 0.15) is 48.2 Å². The van der Waals surface area contributed by atoms with Crippen LogP contribution in [0, 0.1) is 0 Å². The normalized spacial score (nSPS) is 12.6. The van der Waals surface area contributed by atoms with Gasteiger partial charge in [-0.15, -0.1) is 0 Å². The summed E-state index contributed by atoms with van der Waals surface area (Å²) in [6.07, 6.45) is 1.68. The number of phenolic OH excluding ortho intramolecular Hbond substituents is 1. The third-order valence-electron chi connectivity index (χ3n) is 4.57. The quantitative estimate of drug-likeness (QED) is 0.585. The summed E-state index contributed by atoms with van der Waals surface area (Å²) in [5.74, 6) is -0.241. The Morgan fingerprint density at radius 2 is 1.88 bits per heavy atom. The molecule has 0 spiro atoms. The van der Waals surface area contributed by atoms with Gasteiger partial charge in [0.05, 0.1) is 5.56 Å². The van der Waals surface area contributed by atoms with Crippen molar-refractivity contribution in [3.8, 4) is 5.75 Å². The van der Waals surface area contributed by atoms with Crippen molar-refractivity contribution < 1.29 is 19.4 Å². The molecule has 0 saturated carbocycles. The maximum atomic E-state index is 12.7. The molecule has 0 aliphatic carbocycles. The number of methoxy groups -OCH3 is 1. The molecule has 1 N–H and O–H groups in total. The van der Waals surface area contributed by atoms with Crippen LogP contribution in [0.2, 0.25) is 0 Å². The van der Waals surface area contributed by atoms with E-state index in [-0.39, 0.29) is 22.5 Å². The standard InChI is InChI=1S/C21H24O4/c1-21(2,12-11-17(14-22)25-3)16-9-10-19(23)18(13-16)20(24)15-7-5-4-6-8-15/h4-10,13-14,17,23H,11-12H2,1-3H3. The van der Waals surface area contributed by atoms with Crippen molar-refractivity contribution in [3.63, 3.8) is 0 Å². The minimum absolute atomic E-state index is 0.0314. The van der Waals surface area contributed by atoms with Crippen molar-refractivity contribution >= 4 is 12.1 Å². The first kappa shape index (κ1) is 18.9. The lowest BCUT2D eigenvalue weighted by Crippen LogP contribution is -2.22. The number of rotatable bonds is 8. The number of hydrogen-bond donors (Lipinski definition) is 1. The average molecular weight is 340 g/mol. The second-order valence-corrected chi connectivity index (χ2v) is 6.76. The van der Waals surface area contributed by atoms with Gasteiger partial charge < -0.3 is 14.6 Å². The Balaban J connectivity index is 2.28. The molecule has 0 aliphatic heterocycles. The number of carbonyl (C=O) groups is 2. The van der Waals surface area contributed by atoms with E-state index in [0.717, 1.165) is 11.8 Å². The number of hydrogen-bond acceptors (Lipinski definition) is 4. The molecule has 0 saturated heterocycles. The molecule has 0 aromatic heterocycles. The van der Waals surface area contributed by atoms with Gasteiger partial charge in [0, 0.05) is 12.7 Å². The molecular weight excluding hydrogens is 316 g/mol. The molecule has 0 aliphatic rings. The molecule has 1 atom stereocenters. The highest BCUT2D eigenvalue weighted by atomic mass is 16.5. The predicted molar refractivity (Wildman–Crippen MR) is 97.1 cm³/mol. The van der Waals surface area contributed by atoms with E-state index < -0.39 is 6.10 Å². The number of ketones is 1. The number of benzene rings is 2. The van der Waals surface area contributed by atoms with Gasteiger partial charge in [0.2, 0.25) is 0 Å². The molecule has 0 bridgehead atoms. The van der Waals surface area contributed by atoms with E-state index in [1.165, 1.54) is 7.11 Å². The summed E-state index contributed by atoms with van der Waals surface area (Å²) < 4.78 is 5.11. The van der Waals surface area contributed by atoms with Crippen molar-refractivity contribution in [1.29, 1.82) is 0 Å². The lowest BCUT2D eigenvalue weighted by molar-refractivity contribution is -0.116. The molecule has 2 aromatic rings. The van der Waals surface area contributed by atoms with Crippen LogP contribution in [0.5, 0.6) is 5.75 Å². The van der Waals surface area contributed by atoms with Gasteiger partial charge in [-0.2, -0.15) is 0 Å². The first-order valence-electron chi connectivity index (χ1n) is 8.30. The SMILES string of the molecule is COC(C=O)CCC(C)(C)c1ccc(O)c(C(=O)c2ccccc2)c1. The number of aromatic hydroxyl groups is 1. The Hall–Kier alpha value is -2.46. The highest BCUT2D eigenvalue weighted by Crippen LogP contribution is 2.33. The third-order valence-corrected chi connectivity index (χ3v) is 4.57. The van der Waals surface area contributed by atoms with Crippen molar-refractivity contribution in [3.05, 3.63) is 65.2 Å². The first-order valence-corrected chi connectivity index (χ1v) is 8.30. The molecule has 0 amide bonds. The van der Waals surface area contributed by atoms with Crippen LogP contribution in [0.4, 0.5) is 0 Å². The molecule has 0 fully saturated rings. The maximum Gasteiger partial charge on any atom is 0.196 e. The number of phenols is 1. The summed E-state index contributed by atoms with van der Waals surface area (Å²) in [6, 6.07) is 14.0. The summed E-state index contributed by atoms with van der Waals surface area (Å²) in [5.41, 5.74) is 1.49. The van der Waals surface area contributed by atoms with Gasteiger partial charge in [-0.25, -0.2) is 0 Å². The third kappa shape index (κ3) is 4.54. The summed E-state index contributed by atoms with van der Waals surface area (Å²) in [6.45, 7) is 4.10. The topological polar surface area (TPSA) is 63.6 Å². The molecule has 25 heavy (non-hydrogen) atoms. The van der Waals surface area contributed by atoms with E-state index in [1.54, 1.807) is 36.4 Å². The van der Waals surface area contributed by atoms with Gasteiger partial charge in [-0.3, -0.25) is 4.79 Å². The summed E-state index contributed by atoms with van der Waals surface area (Å²) >= 11 is 0. The molecular formula is C21H24O4. The zero-order valence-electron chi connectivity index (χ0n) is 14.9. The Labute approximate surface area is 148 Å². The van der Waals surface area contributed by atoms with E-state index in [9.17, 15) is 14.7 Å². The molecule has 0 radical (unpaired) electrons. The van der Waals surface area contributed by atoms with E-state index in [1.807, 2.05) is 26.0 Å². The molecule has 4 heteroatoms. The van der Waals surface area contributed by atoms with E-state index in [2.05, 4.69) is 0 Å². The van der Waals surface area contributed by atoms with Gasteiger partial charge in [-0.05, 0) is 36.0 Å². The highest BCUT2D eigenvalue weighted by molar-refractivity contribution is 6.10. The minimum Gasteiger partial charge on any atom is -0.507 e. The second kappa shape index (κ2) is 8.08. The molecule has 132 valence electrons. The number of aldehydes is 1. The monoisotopic (exact) mass is 340 g/mol. The van der Waals surface area contributed by atoms with Gasteiger partial charge in [0.25, 0.3) is 0 Å². The van der Waals surface area contributed by atoms with E-state index >= 15 is 0 Å². The lowest BCUT2D eigenvalue weighted by atomic mass is 9.79. The van der Waals surface area contributed by atoms with Crippen LogP contribution in [-0.4, -0.2) is 30.4 Å². The molecule has 2 aromatic carbocycles. The summed E-state index contributed by atoms with van der Waals surface area (Å²) in [5, 5.41) is 10.1.